The van der Waals surface area contributed by atoms with E-state index in [1.54, 1.807) is 16.8 Å². The fourth-order valence-electron chi connectivity index (χ4n) is 1.35. The largest absolute Gasteiger partial charge is 0.324 e. The highest BCUT2D eigenvalue weighted by molar-refractivity contribution is 5.35. The van der Waals surface area contributed by atoms with E-state index in [0.29, 0.717) is 5.65 Å². The van der Waals surface area contributed by atoms with Gasteiger partial charge >= 0.3 is 0 Å². The Bertz CT molecular complexity index is 517. The zero-order valence-electron chi connectivity index (χ0n) is 8.40. The molecule has 2 aromatic rings. The molecule has 5 nitrogen and oxygen atoms in total. The highest BCUT2D eigenvalue weighted by Crippen LogP contribution is 2.19. The van der Waals surface area contributed by atoms with Gasteiger partial charge < -0.3 is 4.98 Å². The molecule has 14 heavy (non-hydrogen) atoms. The van der Waals surface area contributed by atoms with E-state index in [1.807, 2.05) is 20.8 Å². The molecule has 0 atom stereocenters. The number of aromatic amines is 1. The number of H-pyrrole nitrogens is 1. The minimum absolute atomic E-state index is 0.118. The lowest BCUT2D eigenvalue weighted by atomic mass is 9.96. The van der Waals surface area contributed by atoms with Crippen molar-refractivity contribution in [2.45, 2.75) is 26.2 Å². The van der Waals surface area contributed by atoms with Crippen LogP contribution in [-0.2, 0) is 5.41 Å². The van der Waals surface area contributed by atoms with Crippen molar-refractivity contribution in [2.75, 3.05) is 0 Å². The quantitative estimate of drug-likeness (QED) is 0.668. The number of rotatable bonds is 0. The lowest BCUT2D eigenvalue weighted by molar-refractivity contribution is 0.538. The zero-order valence-corrected chi connectivity index (χ0v) is 8.40. The monoisotopic (exact) mass is 192 g/mol. The van der Waals surface area contributed by atoms with Crippen LogP contribution in [-0.4, -0.2) is 19.6 Å². The first-order valence-electron chi connectivity index (χ1n) is 4.43. The van der Waals surface area contributed by atoms with Gasteiger partial charge in [-0.2, -0.15) is 0 Å². The van der Waals surface area contributed by atoms with Gasteiger partial charge in [-0.25, -0.2) is 0 Å². The molecular weight excluding hydrogens is 180 g/mol. The molecule has 0 aliphatic heterocycles. The number of hydrogen-bond donors (Lipinski definition) is 1. The molecule has 0 saturated carbocycles. The van der Waals surface area contributed by atoms with E-state index in [-0.39, 0.29) is 11.0 Å². The number of aromatic nitrogens is 4. The first-order chi connectivity index (χ1) is 6.50. The first-order valence-corrected chi connectivity index (χ1v) is 4.43. The van der Waals surface area contributed by atoms with E-state index in [2.05, 4.69) is 15.2 Å². The van der Waals surface area contributed by atoms with Crippen molar-refractivity contribution in [3.05, 3.63) is 28.6 Å². The number of fused-ring (bicyclic) bond motifs is 1. The summed E-state index contributed by atoms with van der Waals surface area (Å²) >= 11 is 0. The molecule has 5 heteroatoms. The topological polar surface area (TPSA) is 63.0 Å². The SMILES string of the molecule is CC(C)(C)c1nnc2c(=O)[nH]ccn12. The van der Waals surface area contributed by atoms with Crippen molar-refractivity contribution in [2.24, 2.45) is 0 Å². The van der Waals surface area contributed by atoms with E-state index in [4.69, 9.17) is 0 Å². The van der Waals surface area contributed by atoms with Crippen LogP contribution in [0, 0.1) is 0 Å². The van der Waals surface area contributed by atoms with Crippen molar-refractivity contribution >= 4 is 5.65 Å². The summed E-state index contributed by atoms with van der Waals surface area (Å²) < 4.78 is 1.72. The summed E-state index contributed by atoms with van der Waals surface area (Å²) in [6.07, 6.45) is 3.35. The Labute approximate surface area is 80.8 Å². The second kappa shape index (κ2) is 2.67. The van der Waals surface area contributed by atoms with Crippen LogP contribution in [0.1, 0.15) is 26.6 Å². The van der Waals surface area contributed by atoms with Gasteiger partial charge in [0.1, 0.15) is 5.82 Å². The number of nitrogens with zero attached hydrogens (tertiary/aromatic N) is 3. The molecule has 0 radical (unpaired) electrons. The van der Waals surface area contributed by atoms with Crippen LogP contribution < -0.4 is 5.56 Å². The van der Waals surface area contributed by atoms with E-state index in [0.717, 1.165) is 5.82 Å². The molecule has 0 aliphatic carbocycles. The van der Waals surface area contributed by atoms with Gasteiger partial charge in [0.2, 0.25) is 5.65 Å². The van der Waals surface area contributed by atoms with Gasteiger partial charge in [0.25, 0.3) is 5.56 Å². The molecule has 1 N–H and O–H groups in total. The molecule has 2 heterocycles. The van der Waals surface area contributed by atoms with Crippen LogP contribution in [0.4, 0.5) is 0 Å². The minimum Gasteiger partial charge on any atom is -0.324 e. The van der Waals surface area contributed by atoms with Gasteiger partial charge in [0, 0.05) is 17.8 Å². The zero-order chi connectivity index (χ0) is 10.3. The minimum atomic E-state index is -0.212. The van der Waals surface area contributed by atoms with E-state index in [9.17, 15) is 4.79 Å². The Balaban J connectivity index is 2.83. The Morgan fingerprint density at radius 2 is 2.07 bits per heavy atom. The van der Waals surface area contributed by atoms with Gasteiger partial charge in [0.15, 0.2) is 0 Å². The van der Waals surface area contributed by atoms with Crippen LogP contribution >= 0.6 is 0 Å². The molecule has 0 unspecified atom stereocenters. The van der Waals surface area contributed by atoms with Crippen LogP contribution in [0.5, 0.6) is 0 Å². The molecule has 0 saturated heterocycles. The Morgan fingerprint density at radius 1 is 1.36 bits per heavy atom. The van der Waals surface area contributed by atoms with Crippen LogP contribution in [0.25, 0.3) is 5.65 Å². The number of nitrogens with one attached hydrogen (secondary N) is 1. The standard InChI is InChI=1S/C9H12N4O/c1-9(2,3)8-12-11-6-7(14)10-4-5-13(6)8/h4-5H,1-3H3,(H,10,14). The van der Waals surface area contributed by atoms with Gasteiger partial charge in [0.05, 0.1) is 0 Å². The smallest absolute Gasteiger partial charge is 0.293 e. The van der Waals surface area contributed by atoms with Gasteiger partial charge in [-0.15, -0.1) is 10.2 Å². The molecule has 0 bridgehead atoms. The molecule has 2 aromatic heterocycles. The summed E-state index contributed by atoms with van der Waals surface area (Å²) in [7, 11) is 0. The van der Waals surface area contributed by atoms with Crippen LogP contribution in [0.15, 0.2) is 17.2 Å². The molecule has 0 spiro atoms. The average molecular weight is 192 g/mol. The maximum absolute atomic E-state index is 11.3. The Kier molecular flexibility index (Phi) is 1.70. The molecule has 74 valence electrons. The summed E-state index contributed by atoms with van der Waals surface area (Å²) in [4.78, 5) is 13.9. The fraction of sp³-hybridized carbons (Fsp3) is 0.444. The maximum atomic E-state index is 11.3. The predicted molar refractivity (Wildman–Crippen MR) is 52.3 cm³/mol. The number of hydrogen-bond acceptors (Lipinski definition) is 3. The first kappa shape index (κ1) is 8.93. The third-order valence-corrected chi connectivity index (χ3v) is 2.01. The molecule has 0 amide bonds. The van der Waals surface area contributed by atoms with Gasteiger partial charge in [-0.3, -0.25) is 9.20 Å². The normalized spacial score (nSPS) is 12.2. The summed E-state index contributed by atoms with van der Waals surface area (Å²) in [5.41, 5.74) is 0.0145. The van der Waals surface area contributed by atoms with Crippen LogP contribution in [0.2, 0.25) is 0 Å². The van der Waals surface area contributed by atoms with Crippen molar-refractivity contribution in [3.63, 3.8) is 0 Å². The van der Waals surface area contributed by atoms with E-state index >= 15 is 0 Å². The molecule has 0 aliphatic rings. The van der Waals surface area contributed by atoms with Crippen molar-refractivity contribution in [3.8, 4) is 0 Å². The predicted octanol–water partition coefficient (Wildman–Crippen LogP) is 0.715. The summed E-state index contributed by atoms with van der Waals surface area (Å²) in [6.45, 7) is 6.10. The summed E-state index contributed by atoms with van der Waals surface area (Å²) in [5, 5.41) is 7.87. The Morgan fingerprint density at radius 3 is 2.71 bits per heavy atom. The second-order valence-corrected chi connectivity index (χ2v) is 4.26. The lowest BCUT2D eigenvalue weighted by Crippen LogP contribution is -2.17. The molecule has 0 fully saturated rings. The van der Waals surface area contributed by atoms with E-state index in [1.165, 1.54) is 0 Å². The third kappa shape index (κ3) is 1.21. The molecular formula is C9H12N4O. The molecule has 2 rings (SSSR count). The maximum Gasteiger partial charge on any atom is 0.293 e. The van der Waals surface area contributed by atoms with Crippen molar-refractivity contribution in [1.82, 2.24) is 19.6 Å². The Hall–Kier alpha value is -1.65. The molecule has 0 aromatic carbocycles. The van der Waals surface area contributed by atoms with Crippen molar-refractivity contribution in [1.29, 1.82) is 0 Å². The fourth-order valence-corrected chi connectivity index (χ4v) is 1.35. The van der Waals surface area contributed by atoms with Crippen LogP contribution in [0.3, 0.4) is 0 Å². The summed E-state index contributed by atoms with van der Waals surface area (Å²) in [5.74, 6) is 0.790. The van der Waals surface area contributed by atoms with Crippen molar-refractivity contribution < 1.29 is 0 Å². The van der Waals surface area contributed by atoms with Gasteiger partial charge in [-0.1, -0.05) is 20.8 Å². The average Bonchev–Trinajstić information content (AvgIpc) is 2.47. The lowest BCUT2D eigenvalue weighted by Gasteiger charge is -2.14. The van der Waals surface area contributed by atoms with E-state index < -0.39 is 0 Å². The highest BCUT2D eigenvalue weighted by Gasteiger charge is 2.21. The van der Waals surface area contributed by atoms with Gasteiger partial charge in [-0.05, 0) is 0 Å². The summed E-state index contributed by atoms with van der Waals surface area (Å²) in [6, 6.07) is 0. The highest BCUT2D eigenvalue weighted by atomic mass is 16.1. The second-order valence-electron chi connectivity index (χ2n) is 4.26. The third-order valence-electron chi connectivity index (χ3n) is 2.01.